The van der Waals surface area contributed by atoms with Gasteiger partial charge in [0.2, 0.25) is 5.91 Å². The van der Waals surface area contributed by atoms with Crippen LogP contribution in [-0.2, 0) is 4.79 Å². The lowest BCUT2D eigenvalue weighted by Gasteiger charge is -2.29. The van der Waals surface area contributed by atoms with Crippen LogP contribution < -0.4 is 5.32 Å². The Morgan fingerprint density at radius 3 is 2.35 bits per heavy atom. The molecule has 1 fully saturated rings. The van der Waals surface area contributed by atoms with Crippen LogP contribution in [0.5, 0.6) is 0 Å². The summed E-state index contributed by atoms with van der Waals surface area (Å²) in [5.41, 5.74) is -0.993. The molecule has 0 atom stereocenters. The zero-order valence-electron chi connectivity index (χ0n) is 11.7. The number of aliphatic hydroxyl groups is 1. The van der Waals surface area contributed by atoms with E-state index in [1.807, 2.05) is 13.8 Å². The van der Waals surface area contributed by atoms with Crippen LogP contribution in [0.15, 0.2) is 0 Å². The van der Waals surface area contributed by atoms with Gasteiger partial charge in [0.1, 0.15) is 0 Å². The Hall–Kier alpha value is -0.570. The van der Waals surface area contributed by atoms with Crippen molar-refractivity contribution < 1.29 is 9.90 Å². The monoisotopic (exact) mass is 241 g/mol. The van der Waals surface area contributed by atoms with E-state index in [4.69, 9.17) is 0 Å². The third-order valence-electron chi connectivity index (χ3n) is 3.65. The lowest BCUT2D eigenvalue weighted by Crippen LogP contribution is -2.45. The van der Waals surface area contributed by atoms with Gasteiger partial charge in [-0.05, 0) is 25.2 Å². The lowest BCUT2D eigenvalue weighted by atomic mass is 9.83. The van der Waals surface area contributed by atoms with Gasteiger partial charge in [0.05, 0.1) is 5.60 Å². The number of carbonyl (C=O) groups is 1. The summed E-state index contributed by atoms with van der Waals surface area (Å²) >= 11 is 0. The minimum atomic E-state index is -0.649. The van der Waals surface area contributed by atoms with E-state index in [1.54, 1.807) is 0 Å². The summed E-state index contributed by atoms with van der Waals surface area (Å²) in [7, 11) is 0. The average Bonchev–Trinajstić information content (AvgIpc) is 2.60. The van der Waals surface area contributed by atoms with E-state index >= 15 is 0 Å². The fraction of sp³-hybridized carbons (Fsp3) is 0.929. The fourth-order valence-electron chi connectivity index (χ4n) is 2.81. The van der Waals surface area contributed by atoms with Gasteiger partial charge in [-0.2, -0.15) is 0 Å². The maximum atomic E-state index is 12.1. The Labute approximate surface area is 105 Å². The number of hydrogen-bond acceptors (Lipinski definition) is 2. The molecule has 0 aliphatic heterocycles. The highest BCUT2D eigenvalue weighted by Gasteiger charge is 2.34. The second-order valence-electron chi connectivity index (χ2n) is 6.60. The van der Waals surface area contributed by atoms with Gasteiger partial charge < -0.3 is 10.4 Å². The molecule has 0 aromatic carbocycles. The molecular weight excluding hydrogens is 214 g/mol. The van der Waals surface area contributed by atoms with Crippen molar-refractivity contribution in [1.82, 2.24) is 5.32 Å². The molecule has 0 spiro atoms. The zero-order chi connectivity index (χ0) is 13.1. The quantitative estimate of drug-likeness (QED) is 0.777. The largest absolute Gasteiger partial charge is 0.388 e. The van der Waals surface area contributed by atoms with Crippen LogP contribution in [0, 0.1) is 11.3 Å². The van der Waals surface area contributed by atoms with Crippen LogP contribution in [-0.4, -0.2) is 23.2 Å². The molecule has 1 aliphatic rings. The molecule has 0 bridgehead atoms. The number of hydrogen-bond donors (Lipinski definition) is 2. The van der Waals surface area contributed by atoms with Gasteiger partial charge in [0.25, 0.3) is 0 Å². The molecule has 1 saturated carbocycles. The first-order valence-electron chi connectivity index (χ1n) is 6.76. The molecule has 0 heterocycles. The van der Waals surface area contributed by atoms with E-state index in [-0.39, 0.29) is 11.3 Å². The van der Waals surface area contributed by atoms with Gasteiger partial charge in [0, 0.05) is 12.0 Å². The molecule has 0 radical (unpaired) electrons. The Morgan fingerprint density at radius 1 is 1.35 bits per heavy atom. The van der Waals surface area contributed by atoms with Gasteiger partial charge in [-0.1, -0.05) is 40.5 Å². The third-order valence-corrected chi connectivity index (χ3v) is 3.65. The van der Waals surface area contributed by atoms with Crippen LogP contribution >= 0.6 is 0 Å². The second kappa shape index (κ2) is 5.38. The standard InChI is InChI=1S/C14H27NO2/c1-11(2)9-13(3,4)12(16)15-10-14(17)7-5-6-8-14/h11,17H,5-10H2,1-4H3,(H,15,16). The van der Waals surface area contributed by atoms with Crippen molar-refractivity contribution in [2.75, 3.05) is 6.54 Å². The molecule has 17 heavy (non-hydrogen) atoms. The second-order valence-corrected chi connectivity index (χ2v) is 6.60. The number of rotatable bonds is 5. The summed E-state index contributed by atoms with van der Waals surface area (Å²) in [4.78, 5) is 12.1. The SMILES string of the molecule is CC(C)CC(C)(C)C(=O)NCC1(O)CCCC1. The number of amides is 1. The maximum absolute atomic E-state index is 12.1. The van der Waals surface area contributed by atoms with Crippen molar-refractivity contribution in [2.24, 2.45) is 11.3 Å². The smallest absolute Gasteiger partial charge is 0.225 e. The molecule has 0 unspecified atom stereocenters. The zero-order valence-corrected chi connectivity index (χ0v) is 11.7. The van der Waals surface area contributed by atoms with Crippen LogP contribution in [0.1, 0.15) is 59.8 Å². The topological polar surface area (TPSA) is 49.3 Å². The maximum Gasteiger partial charge on any atom is 0.225 e. The molecule has 0 saturated heterocycles. The van der Waals surface area contributed by atoms with E-state index in [2.05, 4.69) is 19.2 Å². The molecule has 3 nitrogen and oxygen atoms in total. The van der Waals surface area contributed by atoms with E-state index in [0.717, 1.165) is 32.1 Å². The van der Waals surface area contributed by atoms with Crippen molar-refractivity contribution in [3.63, 3.8) is 0 Å². The summed E-state index contributed by atoms with van der Waals surface area (Å²) in [6.07, 6.45) is 4.65. The van der Waals surface area contributed by atoms with Crippen molar-refractivity contribution in [3.05, 3.63) is 0 Å². The van der Waals surface area contributed by atoms with E-state index in [9.17, 15) is 9.90 Å². The Morgan fingerprint density at radius 2 is 1.88 bits per heavy atom. The van der Waals surface area contributed by atoms with Crippen LogP contribution in [0.3, 0.4) is 0 Å². The summed E-state index contributed by atoms with van der Waals surface area (Å²) < 4.78 is 0. The van der Waals surface area contributed by atoms with Gasteiger partial charge in [-0.15, -0.1) is 0 Å². The fourth-order valence-corrected chi connectivity index (χ4v) is 2.81. The van der Waals surface area contributed by atoms with Gasteiger partial charge in [-0.3, -0.25) is 4.79 Å². The van der Waals surface area contributed by atoms with Crippen LogP contribution in [0.25, 0.3) is 0 Å². The normalized spacial score (nSPS) is 19.6. The average molecular weight is 241 g/mol. The predicted molar refractivity (Wildman–Crippen MR) is 69.7 cm³/mol. The Bertz CT molecular complexity index is 265. The molecule has 0 aromatic rings. The van der Waals surface area contributed by atoms with Crippen LogP contribution in [0.2, 0.25) is 0 Å². The highest BCUT2D eigenvalue weighted by Crippen LogP contribution is 2.30. The Kier molecular flexibility index (Phi) is 4.59. The van der Waals surface area contributed by atoms with Gasteiger partial charge in [-0.25, -0.2) is 0 Å². The molecule has 1 amide bonds. The minimum absolute atomic E-state index is 0.0616. The summed E-state index contributed by atoms with van der Waals surface area (Å²) in [5, 5.41) is 13.1. The van der Waals surface area contributed by atoms with Crippen molar-refractivity contribution in [1.29, 1.82) is 0 Å². The molecule has 1 aliphatic carbocycles. The highest BCUT2D eigenvalue weighted by molar-refractivity contribution is 5.81. The lowest BCUT2D eigenvalue weighted by molar-refractivity contribution is -0.131. The number of carbonyl (C=O) groups excluding carboxylic acids is 1. The van der Waals surface area contributed by atoms with E-state index in [0.29, 0.717) is 12.5 Å². The summed E-state index contributed by atoms with van der Waals surface area (Å²) in [6.45, 7) is 8.61. The molecule has 0 aromatic heterocycles. The number of nitrogens with one attached hydrogen (secondary N) is 1. The molecule has 2 N–H and O–H groups in total. The third kappa shape index (κ3) is 4.30. The molecular formula is C14H27NO2. The van der Waals surface area contributed by atoms with E-state index < -0.39 is 5.60 Å². The van der Waals surface area contributed by atoms with Crippen molar-refractivity contribution in [2.45, 2.75) is 65.4 Å². The first-order valence-corrected chi connectivity index (χ1v) is 6.76. The molecule has 100 valence electrons. The summed E-state index contributed by atoms with van der Waals surface area (Å²) in [5.74, 6) is 0.567. The van der Waals surface area contributed by atoms with Gasteiger partial charge in [0.15, 0.2) is 0 Å². The predicted octanol–water partition coefficient (Wildman–Crippen LogP) is 2.48. The highest BCUT2D eigenvalue weighted by atomic mass is 16.3. The molecule has 3 heteroatoms. The first-order chi connectivity index (χ1) is 7.75. The van der Waals surface area contributed by atoms with Crippen molar-refractivity contribution >= 4 is 5.91 Å². The van der Waals surface area contributed by atoms with Gasteiger partial charge >= 0.3 is 0 Å². The molecule has 1 rings (SSSR count). The van der Waals surface area contributed by atoms with Crippen LogP contribution in [0.4, 0.5) is 0 Å². The van der Waals surface area contributed by atoms with E-state index in [1.165, 1.54) is 0 Å². The minimum Gasteiger partial charge on any atom is -0.388 e. The Balaban J connectivity index is 2.43. The first kappa shape index (κ1) is 14.5. The van der Waals surface area contributed by atoms with Crippen molar-refractivity contribution in [3.8, 4) is 0 Å². The summed E-state index contributed by atoms with van der Waals surface area (Å²) in [6, 6.07) is 0.